The number of hydrogen-bond acceptors (Lipinski definition) is 3. The van der Waals surface area contributed by atoms with Crippen LogP contribution in [0.4, 0.5) is 0 Å². The molecule has 1 heterocycles. The first-order chi connectivity index (χ1) is 12.4. The molecule has 1 aliphatic heterocycles. The van der Waals surface area contributed by atoms with Gasteiger partial charge in [-0.05, 0) is 53.8 Å². The van der Waals surface area contributed by atoms with Crippen LogP contribution < -0.4 is 10.0 Å². The van der Waals surface area contributed by atoms with E-state index in [1.165, 1.54) is 12.1 Å². The fourth-order valence-electron chi connectivity index (χ4n) is 3.00. The van der Waals surface area contributed by atoms with Crippen LogP contribution in [0.5, 0.6) is 0 Å². The lowest BCUT2D eigenvalue weighted by Gasteiger charge is -2.09. The maximum atomic E-state index is 12.3. The molecule has 2 aromatic carbocycles. The lowest BCUT2D eigenvalue weighted by Crippen LogP contribution is -2.25. The molecule has 5 nitrogen and oxygen atoms in total. The molecule has 26 heavy (non-hydrogen) atoms. The van der Waals surface area contributed by atoms with Crippen molar-refractivity contribution in [3.05, 3.63) is 64.7 Å². The second-order valence-electron chi connectivity index (χ2n) is 6.47. The minimum Gasteiger partial charge on any atom is -0.348 e. The van der Waals surface area contributed by atoms with Crippen LogP contribution in [0.3, 0.4) is 0 Å². The van der Waals surface area contributed by atoms with Crippen molar-refractivity contribution < 1.29 is 13.2 Å². The fraction of sp³-hybridized carbons (Fsp3) is 0.211. The molecule has 0 radical (unpaired) electrons. The van der Waals surface area contributed by atoms with Crippen molar-refractivity contribution in [2.24, 2.45) is 0 Å². The van der Waals surface area contributed by atoms with E-state index >= 15 is 0 Å². The molecule has 2 aliphatic rings. The van der Waals surface area contributed by atoms with Gasteiger partial charge in [-0.1, -0.05) is 35.9 Å². The zero-order chi connectivity index (χ0) is 18.3. The van der Waals surface area contributed by atoms with Gasteiger partial charge in [0.05, 0.1) is 10.5 Å². The number of hydrogen-bond donors (Lipinski definition) is 2. The summed E-state index contributed by atoms with van der Waals surface area (Å²) in [5.74, 6) is -0.174. The highest BCUT2D eigenvalue weighted by Gasteiger charge is 2.29. The summed E-state index contributed by atoms with van der Waals surface area (Å²) in [5, 5.41) is 3.43. The smallest absolute Gasteiger partial charge is 0.252 e. The van der Waals surface area contributed by atoms with Gasteiger partial charge < -0.3 is 5.32 Å². The Labute approximate surface area is 157 Å². The highest BCUT2D eigenvalue weighted by molar-refractivity contribution is 7.89. The van der Waals surface area contributed by atoms with E-state index in [4.69, 9.17) is 11.6 Å². The fourth-order valence-corrected chi connectivity index (χ4v) is 4.50. The molecule has 0 aromatic heterocycles. The summed E-state index contributed by atoms with van der Waals surface area (Å²) in [6.07, 6.45) is 1.76. The Hall–Kier alpha value is -2.15. The van der Waals surface area contributed by atoms with E-state index in [-0.39, 0.29) is 16.8 Å². The number of halogens is 1. The third-order valence-electron chi connectivity index (χ3n) is 4.48. The van der Waals surface area contributed by atoms with Crippen LogP contribution in [-0.2, 0) is 14.8 Å². The Morgan fingerprint density at radius 3 is 2.42 bits per heavy atom. The molecule has 1 saturated carbocycles. The van der Waals surface area contributed by atoms with Gasteiger partial charge in [-0.25, -0.2) is 13.1 Å². The normalized spacial score (nSPS) is 17.5. The summed E-state index contributed by atoms with van der Waals surface area (Å²) in [5.41, 5.74) is 2.95. The van der Waals surface area contributed by atoms with E-state index < -0.39 is 10.0 Å². The number of rotatable bonds is 5. The number of sulfonamides is 1. The SMILES string of the molecule is O=C1NCC(c2cccc(Cl)c2)=C1c1ccc(S(=O)(=O)NC2CC2)cc1. The standard InChI is InChI=1S/C19H17ClN2O3S/c20-14-3-1-2-13(10-14)17-11-21-19(23)18(17)12-4-8-16(9-5-12)26(24,25)22-15-6-7-15/h1-5,8-10,15,22H,6-7,11H2,(H,21,23). The molecule has 0 spiro atoms. The highest BCUT2D eigenvalue weighted by atomic mass is 35.5. The first kappa shape index (κ1) is 17.3. The van der Waals surface area contributed by atoms with Gasteiger partial charge in [-0.2, -0.15) is 0 Å². The quantitative estimate of drug-likeness (QED) is 0.827. The molecule has 7 heteroatoms. The van der Waals surface area contributed by atoms with Gasteiger partial charge in [-0.15, -0.1) is 0 Å². The van der Waals surface area contributed by atoms with E-state index in [1.54, 1.807) is 18.2 Å². The van der Waals surface area contributed by atoms with Crippen LogP contribution in [0, 0.1) is 0 Å². The minimum absolute atomic E-state index is 0.0532. The second kappa shape index (κ2) is 6.54. The highest BCUT2D eigenvalue weighted by Crippen LogP contribution is 2.32. The summed E-state index contributed by atoms with van der Waals surface area (Å²) in [7, 11) is -3.51. The molecule has 4 rings (SSSR count). The van der Waals surface area contributed by atoms with Crippen molar-refractivity contribution in [2.45, 2.75) is 23.8 Å². The van der Waals surface area contributed by atoms with Gasteiger partial charge in [0.1, 0.15) is 0 Å². The van der Waals surface area contributed by atoms with Crippen molar-refractivity contribution >= 4 is 38.7 Å². The Balaban J connectivity index is 1.71. The summed E-state index contributed by atoms with van der Waals surface area (Å²) < 4.78 is 27.2. The van der Waals surface area contributed by atoms with Crippen molar-refractivity contribution in [3.63, 3.8) is 0 Å². The molecule has 1 fully saturated rings. The average molecular weight is 389 g/mol. The lowest BCUT2D eigenvalue weighted by atomic mass is 9.97. The molecule has 0 unspecified atom stereocenters. The maximum absolute atomic E-state index is 12.3. The Morgan fingerprint density at radius 2 is 1.77 bits per heavy atom. The molecule has 0 saturated heterocycles. The molecular formula is C19H17ClN2O3S. The van der Waals surface area contributed by atoms with Gasteiger partial charge in [0, 0.05) is 17.6 Å². The second-order valence-corrected chi connectivity index (χ2v) is 8.62. The maximum Gasteiger partial charge on any atom is 0.252 e. The van der Waals surface area contributed by atoms with Crippen molar-refractivity contribution in [3.8, 4) is 0 Å². The van der Waals surface area contributed by atoms with Crippen LogP contribution in [-0.4, -0.2) is 26.9 Å². The average Bonchev–Trinajstić information content (AvgIpc) is 3.33. The van der Waals surface area contributed by atoms with Gasteiger partial charge in [0.15, 0.2) is 0 Å². The van der Waals surface area contributed by atoms with E-state index in [2.05, 4.69) is 10.0 Å². The predicted molar refractivity (Wildman–Crippen MR) is 101 cm³/mol. The number of amides is 1. The van der Waals surface area contributed by atoms with Gasteiger partial charge >= 0.3 is 0 Å². The summed E-state index contributed by atoms with van der Waals surface area (Å²) in [6.45, 7) is 0.414. The van der Waals surface area contributed by atoms with Gasteiger partial charge in [0.25, 0.3) is 5.91 Å². The molecular weight excluding hydrogens is 372 g/mol. The van der Waals surface area contributed by atoms with Crippen LogP contribution in [0.1, 0.15) is 24.0 Å². The summed E-state index contributed by atoms with van der Waals surface area (Å²) >= 11 is 6.07. The molecule has 1 aliphatic carbocycles. The first-order valence-electron chi connectivity index (χ1n) is 8.34. The molecule has 2 aromatic rings. The van der Waals surface area contributed by atoms with Crippen LogP contribution >= 0.6 is 11.6 Å². The van der Waals surface area contributed by atoms with Gasteiger partial charge in [-0.3, -0.25) is 4.79 Å². The van der Waals surface area contributed by atoms with Gasteiger partial charge in [0.2, 0.25) is 10.0 Å². The Morgan fingerprint density at radius 1 is 1.04 bits per heavy atom. The molecule has 134 valence electrons. The first-order valence-corrected chi connectivity index (χ1v) is 10.2. The monoisotopic (exact) mass is 388 g/mol. The zero-order valence-corrected chi connectivity index (χ0v) is 15.4. The largest absolute Gasteiger partial charge is 0.348 e. The van der Waals surface area contributed by atoms with Crippen molar-refractivity contribution in [1.82, 2.24) is 10.0 Å². The number of carbonyl (C=O) groups is 1. The Bertz CT molecular complexity index is 1010. The van der Waals surface area contributed by atoms with E-state index in [0.29, 0.717) is 22.7 Å². The third-order valence-corrected chi connectivity index (χ3v) is 6.25. The summed E-state index contributed by atoms with van der Waals surface area (Å²) in [6, 6.07) is 13.8. The topological polar surface area (TPSA) is 75.3 Å². The zero-order valence-electron chi connectivity index (χ0n) is 13.8. The molecule has 2 N–H and O–H groups in total. The molecule has 0 bridgehead atoms. The van der Waals surface area contributed by atoms with E-state index in [1.807, 2.05) is 18.2 Å². The lowest BCUT2D eigenvalue weighted by molar-refractivity contribution is -0.114. The summed E-state index contributed by atoms with van der Waals surface area (Å²) in [4.78, 5) is 12.6. The van der Waals surface area contributed by atoms with Crippen LogP contribution in [0.2, 0.25) is 5.02 Å². The van der Waals surface area contributed by atoms with E-state index in [9.17, 15) is 13.2 Å². The Kier molecular flexibility index (Phi) is 4.34. The number of benzene rings is 2. The van der Waals surface area contributed by atoms with Crippen LogP contribution in [0.15, 0.2) is 53.4 Å². The van der Waals surface area contributed by atoms with E-state index in [0.717, 1.165) is 24.0 Å². The minimum atomic E-state index is -3.51. The van der Waals surface area contributed by atoms with Crippen LogP contribution in [0.25, 0.3) is 11.1 Å². The third kappa shape index (κ3) is 3.40. The molecule has 1 amide bonds. The molecule has 0 atom stereocenters. The number of carbonyl (C=O) groups excluding carboxylic acids is 1. The predicted octanol–water partition coefficient (Wildman–Crippen LogP) is 2.82. The van der Waals surface area contributed by atoms with Crippen molar-refractivity contribution in [1.29, 1.82) is 0 Å². The number of nitrogens with one attached hydrogen (secondary N) is 2. The van der Waals surface area contributed by atoms with Crippen molar-refractivity contribution in [2.75, 3.05) is 6.54 Å².